The Kier molecular flexibility index (Phi) is 4.68. The zero-order valence-electron chi connectivity index (χ0n) is 11.9. The molecule has 2 N–H and O–H groups in total. The molecule has 1 aromatic carbocycles. The lowest BCUT2D eigenvalue weighted by atomic mass is 9.83. The van der Waals surface area contributed by atoms with Crippen LogP contribution in [0.4, 0.5) is 0 Å². The van der Waals surface area contributed by atoms with Crippen LogP contribution in [0.2, 0.25) is 5.02 Å². The number of aliphatic hydroxyl groups is 1. The Labute approximate surface area is 124 Å². The van der Waals surface area contributed by atoms with Crippen LogP contribution in [0.5, 0.6) is 0 Å². The van der Waals surface area contributed by atoms with Crippen LogP contribution in [0.3, 0.4) is 0 Å². The Morgan fingerprint density at radius 3 is 2.70 bits per heavy atom. The Balaban J connectivity index is 1.74. The number of nitrogens with one attached hydrogen (secondary N) is 1. The first-order chi connectivity index (χ1) is 9.40. The van der Waals surface area contributed by atoms with Crippen molar-refractivity contribution >= 4 is 17.5 Å². The first kappa shape index (κ1) is 15.3. The van der Waals surface area contributed by atoms with Gasteiger partial charge in [0.1, 0.15) is 0 Å². The molecule has 1 heterocycles. The van der Waals surface area contributed by atoms with Crippen molar-refractivity contribution in [1.29, 1.82) is 0 Å². The molecule has 0 bridgehead atoms. The highest BCUT2D eigenvalue weighted by atomic mass is 35.5. The summed E-state index contributed by atoms with van der Waals surface area (Å²) >= 11 is 6.03. The van der Waals surface area contributed by atoms with E-state index in [2.05, 4.69) is 5.32 Å². The number of hydrogen-bond acceptors (Lipinski definition) is 3. The number of amides is 1. The third-order valence-corrected chi connectivity index (χ3v) is 4.24. The van der Waals surface area contributed by atoms with Gasteiger partial charge in [0.05, 0.1) is 12.1 Å². The molecule has 1 fully saturated rings. The molecular weight excluding hydrogens is 276 g/mol. The fourth-order valence-corrected chi connectivity index (χ4v) is 2.50. The van der Waals surface area contributed by atoms with Gasteiger partial charge in [0.15, 0.2) is 0 Å². The lowest BCUT2D eigenvalue weighted by Gasteiger charge is -2.48. The number of likely N-dealkylation sites (tertiary alicyclic amines) is 1. The van der Waals surface area contributed by atoms with E-state index in [-0.39, 0.29) is 11.8 Å². The molecule has 110 valence electrons. The van der Waals surface area contributed by atoms with E-state index in [9.17, 15) is 9.90 Å². The molecule has 1 saturated heterocycles. The predicted molar refractivity (Wildman–Crippen MR) is 79.5 cm³/mol. The molecule has 1 aromatic rings. The monoisotopic (exact) mass is 296 g/mol. The molecule has 20 heavy (non-hydrogen) atoms. The van der Waals surface area contributed by atoms with Crippen molar-refractivity contribution in [2.24, 2.45) is 5.92 Å². The first-order valence-corrected chi connectivity index (χ1v) is 7.23. The summed E-state index contributed by atoms with van der Waals surface area (Å²) < 4.78 is 0. The zero-order valence-corrected chi connectivity index (χ0v) is 12.7. The normalized spacial score (nSPS) is 17.9. The minimum Gasteiger partial charge on any atom is -0.387 e. The second-order valence-electron chi connectivity index (χ2n) is 5.77. The van der Waals surface area contributed by atoms with Gasteiger partial charge < -0.3 is 10.4 Å². The van der Waals surface area contributed by atoms with E-state index < -0.39 is 5.60 Å². The minimum atomic E-state index is -0.636. The topological polar surface area (TPSA) is 52.6 Å². The van der Waals surface area contributed by atoms with Crippen molar-refractivity contribution in [1.82, 2.24) is 10.2 Å². The van der Waals surface area contributed by atoms with E-state index in [1.54, 1.807) is 6.07 Å². The number of carbonyl (C=O) groups is 1. The summed E-state index contributed by atoms with van der Waals surface area (Å²) in [6.07, 6.45) is 0. The number of carbonyl (C=O) groups excluding carboxylic acids is 1. The van der Waals surface area contributed by atoms with E-state index in [0.29, 0.717) is 31.2 Å². The van der Waals surface area contributed by atoms with Crippen molar-refractivity contribution in [3.05, 3.63) is 34.9 Å². The molecule has 1 amide bonds. The summed E-state index contributed by atoms with van der Waals surface area (Å²) in [7, 11) is 0. The predicted octanol–water partition coefficient (Wildman–Crippen LogP) is 1.66. The highest BCUT2D eigenvalue weighted by Gasteiger charge is 2.43. The minimum absolute atomic E-state index is 0.0456. The van der Waals surface area contributed by atoms with Crippen LogP contribution in [0, 0.1) is 5.92 Å². The van der Waals surface area contributed by atoms with E-state index >= 15 is 0 Å². The quantitative estimate of drug-likeness (QED) is 0.869. The van der Waals surface area contributed by atoms with Crippen LogP contribution >= 0.6 is 11.6 Å². The fraction of sp³-hybridized carbons (Fsp3) is 0.533. The maximum atomic E-state index is 11.8. The smallest absolute Gasteiger partial charge is 0.234 e. The van der Waals surface area contributed by atoms with Crippen molar-refractivity contribution < 1.29 is 9.90 Å². The molecule has 0 aliphatic carbocycles. The summed E-state index contributed by atoms with van der Waals surface area (Å²) in [5.41, 5.74) is 0.271. The van der Waals surface area contributed by atoms with Crippen molar-refractivity contribution in [2.75, 3.05) is 19.6 Å². The van der Waals surface area contributed by atoms with Gasteiger partial charge in [0.2, 0.25) is 5.91 Å². The maximum absolute atomic E-state index is 11.8. The van der Waals surface area contributed by atoms with Crippen LogP contribution in [-0.2, 0) is 11.3 Å². The summed E-state index contributed by atoms with van der Waals surface area (Å²) in [6.45, 7) is 5.86. The molecule has 1 aliphatic rings. The third-order valence-electron chi connectivity index (χ3n) is 3.87. The van der Waals surface area contributed by atoms with Crippen LogP contribution < -0.4 is 5.32 Å². The molecule has 0 aromatic heterocycles. The molecule has 1 aliphatic heterocycles. The summed E-state index contributed by atoms with van der Waals surface area (Å²) in [6, 6.07) is 7.46. The lowest BCUT2D eigenvalue weighted by Crippen LogP contribution is -2.65. The summed E-state index contributed by atoms with van der Waals surface area (Å²) in [5.74, 6) is 0.167. The van der Waals surface area contributed by atoms with E-state index in [0.717, 1.165) is 5.56 Å². The Morgan fingerprint density at radius 1 is 1.45 bits per heavy atom. The number of nitrogens with zero attached hydrogens (tertiary/aromatic N) is 1. The first-order valence-electron chi connectivity index (χ1n) is 6.85. The lowest BCUT2D eigenvalue weighted by molar-refractivity contribution is -0.142. The second kappa shape index (κ2) is 6.12. The fourth-order valence-electron chi connectivity index (χ4n) is 2.30. The van der Waals surface area contributed by atoms with Crippen molar-refractivity contribution in [3.63, 3.8) is 0 Å². The third kappa shape index (κ3) is 3.51. The van der Waals surface area contributed by atoms with Crippen molar-refractivity contribution in [2.45, 2.75) is 26.0 Å². The molecular formula is C15H21ClN2O2. The van der Waals surface area contributed by atoms with E-state index in [4.69, 9.17) is 11.6 Å². The molecule has 0 atom stereocenters. The van der Waals surface area contributed by atoms with E-state index in [1.807, 2.05) is 36.9 Å². The molecule has 2 rings (SSSR count). The molecule has 0 saturated carbocycles. The highest BCUT2D eigenvalue weighted by Crippen LogP contribution is 2.27. The van der Waals surface area contributed by atoms with Crippen LogP contribution in [0.25, 0.3) is 0 Å². The van der Waals surface area contributed by atoms with Gasteiger partial charge in [-0.15, -0.1) is 0 Å². The number of halogens is 1. The van der Waals surface area contributed by atoms with Crippen LogP contribution in [-0.4, -0.2) is 41.1 Å². The van der Waals surface area contributed by atoms with Gasteiger partial charge in [0, 0.05) is 24.7 Å². The van der Waals surface area contributed by atoms with Gasteiger partial charge in [-0.3, -0.25) is 9.69 Å². The molecule has 0 radical (unpaired) electrons. The zero-order chi connectivity index (χ0) is 14.8. The van der Waals surface area contributed by atoms with Gasteiger partial charge in [-0.25, -0.2) is 0 Å². The molecule has 5 heteroatoms. The largest absolute Gasteiger partial charge is 0.387 e. The SMILES string of the molecule is CC(C)C1(O)CN(CC(=O)NCc2ccccc2Cl)C1. The van der Waals surface area contributed by atoms with Crippen LogP contribution in [0.1, 0.15) is 19.4 Å². The van der Waals surface area contributed by atoms with Gasteiger partial charge in [-0.2, -0.15) is 0 Å². The number of rotatable bonds is 5. The summed E-state index contributed by atoms with van der Waals surface area (Å²) in [4.78, 5) is 13.8. The molecule has 0 unspecified atom stereocenters. The van der Waals surface area contributed by atoms with Gasteiger partial charge in [-0.05, 0) is 17.5 Å². The molecule has 4 nitrogen and oxygen atoms in total. The van der Waals surface area contributed by atoms with Gasteiger partial charge in [0.25, 0.3) is 0 Å². The van der Waals surface area contributed by atoms with Crippen LogP contribution in [0.15, 0.2) is 24.3 Å². The standard InChI is InChI=1S/C15H21ClN2O2/c1-11(2)15(20)9-18(10-15)8-14(19)17-7-12-5-3-4-6-13(12)16/h3-6,11,20H,7-10H2,1-2H3,(H,17,19). The average molecular weight is 297 g/mol. The average Bonchev–Trinajstić information content (AvgIpc) is 2.35. The number of hydrogen-bond donors (Lipinski definition) is 2. The molecule has 0 spiro atoms. The van der Waals surface area contributed by atoms with Gasteiger partial charge >= 0.3 is 0 Å². The highest BCUT2D eigenvalue weighted by molar-refractivity contribution is 6.31. The van der Waals surface area contributed by atoms with Gasteiger partial charge in [-0.1, -0.05) is 43.6 Å². The summed E-state index contributed by atoms with van der Waals surface area (Å²) in [5, 5.41) is 13.6. The number of β-amino-alcohol motifs (C(OH)–C–C–N with tert-alkyl or cyclic N) is 1. The Hall–Kier alpha value is -1.10. The second-order valence-corrected chi connectivity index (χ2v) is 6.18. The maximum Gasteiger partial charge on any atom is 0.234 e. The Bertz CT molecular complexity index is 485. The Morgan fingerprint density at radius 2 is 2.10 bits per heavy atom. The van der Waals surface area contributed by atoms with E-state index in [1.165, 1.54) is 0 Å². The number of benzene rings is 1. The van der Waals surface area contributed by atoms with Crippen molar-refractivity contribution in [3.8, 4) is 0 Å².